The standard InChI is InChI=1S/C12H16ClFN2O/c1-12(2,3)10(15)11(17)16-9-6-7(13)4-5-8(9)14/h4-6,10H,15H2,1-3H3,(H,16,17)/t10-/m0/s1. The molecule has 0 aliphatic heterocycles. The van der Waals surface area contributed by atoms with Crippen molar-refractivity contribution in [3.05, 3.63) is 29.0 Å². The number of nitrogens with one attached hydrogen (secondary N) is 1. The Morgan fingerprint density at radius 1 is 1.47 bits per heavy atom. The van der Waals surface area contributed by atoms with Crippen LogP contribution in [0.5, 0.6) is 0 Å². The van der Waals surface area contributed by atoms with Crippen LogP contribution < -0.4 is 11.1 Å². The number of benzene rings is 1. The highest BCUT2D eigenvalue weighted by molar-refractivity contribution is 6.30. The lowest BCUT2D eigenvalue weighted by Gasteiger charge is -2.25. The number of halogens is 2. The molecule has 0 radical (unpaired) electrons. The maximum absolute atomic E-state index is 13.4. The molecule has 0 aliphatic rings. The fourth-order valence-electron chi connectivity index (χ4n) is 1.20. The van der Waals surface area contributed by atoms with E-state index in [0.29, 0.717) is 5.02 Å². The van der Waals surface area contributed by atoms with Crippen LogP contribution >= 0.6 is 11.6 Å². The molecule has 1 aromatic rings. The molecule has 1 atom stereocenters. The molecule has 0 heterocycles. The van der Waals surface area contributed by atoms with Gasteiger partial charge < -0.3 is 11.1 Å². The van der Waals surface area contributed by atoms with E-state index in [-0.39, 0.29) is 11.1 Å². The minimum absolute atomic E-state index is 0.0437. The molecule has 0 unspecified atom stereocenters. The maximum Gasteiger partial charge on any atom is 0.241 e. The van der Waals surface area contributed by atoms with Crippen molar-refractivity contribution < 1.29 is 9.18 Å². The lowest BCUT2D eigenvalue weighted by molar-refractivity contribution is -0.119. The lowest BCUT2D eigenvalue weighted by atomic mass is 9.87. The van der Waals surface area contributed by atoms with E-state index in [1.807, 2.05) is 20.8 Å². The lowest BCUT2D eigenvalue weighted by Crippen LogP contribution is -2.45. The van der Waals surface area contributed by atoms with E-state index in [1.54, 1.807) is 0 Å². The molecule has 0 bridgehead atoms. The average Bonchev–Trinajstić information content (AvgIpc) is 2.21. The summed E-state index contributed by atoms with van der Waals surface area (Å²) >= 11 is 5.72. The molecular weight excluding hydrogens is 243 g/mol. The Hall–Kier alpha value is -1.13. The molecule has 17 heavy (non-hydrogen) atoms. The molecule has 94 valence electrons. The first-order valence-electron chi connectivity index (χ1n) is 5.23. The van der Waals surface area contributed by atoms with Crippen LogP contribution in [0.2, 0.25) is 5.02 Å². The first-order chi connectivity index (χ1) is 7.71. The van der Waals surface area contributed by atoms with Crippen molar-refractivity contribution in [1.29, 1.82) is 0 Å². The van der Waals surface area contributed by atoms with Gasteiger partial charge in [0, 0.05) is 5.02 Å². The number of hydrogen-bond donors (Lipinski definition) is 2. The first kappa shape index (κ1) is 13.9. The van der Waals surface area contributed by atoms with E-state index in [1.165, 1.54) is 18.2 Å². The highest BCUT2D eigenvalue weighted by atomic mass is 35.5. The number of hydrogen-bond acceptors (Lipinski definition) is 2. The molecule has 1 aromatic carbocycles. The maximum atomic E-state index is 13.4. The monoisotopic (exact) mass is 258 g/mol. The Bertz CT molecular complexity index is 429. The second-order valence-corrected chi connectivity index (χ2v) is 5.39. The zero-order valence-corrected chi connectivity index (χ0v) is 10.8. The number of carbonyl (C=O) groups is 1. The van der Waals surface area contributed by atoms with Gasteiger partial charge >= 0.3 is 0 Å². The van der Waals surface area contributed by atoms with E-state index in [2.05, 4.69) is 5.32 Å². The summed E-state index contributed by atoms with van der Waals surface area (Å²) in [6.07, 6.45) is 0. The fraction of sp³-hybridized carbons (Fsp3) is 0.417. The summed E-state index contributed by atoms with van der Waals surface area (Å²) in [5.74, 6) is -0.970. The van der Waals surface area contributed by atoms with Gasteiger partial charge in [-0.3, -0.25) is 4.79 Å². The number of amides is 1. The Kier molecular flexibility index (Phi) is 4.11. The van der Waals surface area contributed by atoms with Crippen LogP contribution in [0.4, 0.5) is 10.1 Å². The largest absolute Gasteiger partial charge is 0.322 e. The molecule has 3 nitrogen and oxygen atoms in total. The molecule has 0 spiro atoms. The third-order valence-electron chi connectivity index (χ3n) is 2.40. The second kappa shape index (κ2) is 5.02. The molecule has 1 rings (SSSR count). The Labute approximate surface area is 105 Å². The number of nitrogens with two attached hydrogens (primary N) is 1. The highest BCUT2D eigenvalue weighted by Crippen LogP contribution is 2.22. The quantitative estimate of drug-likeness (QED) is 0.857. The molecule has 0 saturated heterocycles. The van der Waals surface area contributed by atoms with Crippen LogP contribution in [0.15, 0.2) is 18.2 Å². The van der Waals surface area contributed by atoms with Crippen LogP contribution in [0.3, 0.4) is 0 Å². The summed E-state index contributed by atoms with van der Waals surface area (Å²) in [5, 5.41) is 2.79. The van der Waals surface area contributed by atoms with E-state index in [9.17, 15) is 9.18 Å². The van der Waals surface area contributed by atoms with Crippen molar-refractivity contribution in [2.75, 3.05) is 5.32 Å². The minimum atomic E-state index is -0.721. The number of carbonyl (C=O) groups excluding carboxylic acids is 1. The summed E-state index contributed by atoms with van der Waals surface area (Å²) in [7, 11) is 0. The van der Waals surface area contributed by atoms with Crippen molar-refractivity contribution in [1.82, 2.24) is 0 Å². The van der Waals surface area contributed by atoms with Crippen molar-refractivity contribution in [3.8, 4) is 0 Å². The molecule has 0 fully saturated rings. The predicted octanol–water partition coefficient (Wildman–Crippen LogP) is 2.79. The van der Waals surface area contributed by atoms with E-state index < -0.39 is 17.8 Å². The van der Waals surface area contributed by atoms with Crippen molar-refractivity contribution in [2.24, 2.45) is 11.1 Å². The van der Waals surface area contributed by atoms with Gasteiger partial charge in [0.15, 0.2) is 0 Å². The van der Waals surface area contributed by atoms with Crippen molar-refractivity contribution >= 4 is 23.2 Å². The molecule has 1 amide bonds. The average molecular weight is 259 g/mol. The third-order valence-corrected chi connectivity index (χ3v) is 2.64. The number of anilines is 1. The highest BCUT2D eigenvalue weighted by Gasteiger charge is 2.27. The zero-order valence-electron chi connectivity index (χ0n) is 10.1. The smallest absolute Gasteiger partial charge is 0.241 e. The molecule has 3 N–H and O–H groups in total. The topological polar surface area (TPSA) is 55.1 Å². The minimum Gasteiger partial charge on any atom is -0.322 e. The van der Waals surface area contributed by atoms with Crippen molar-refractivity contribution in [3.63, 3.8) is 0 Å². The van der Waals surface area contributed by atoms with Crippen LogP contribution in [0.1, 0.15) is 20.8 Å². The molecular formula is C12H16ClFN2O. The molecule has 5 heteroatoms. The SMILES string of the molecule is CC(C)(C)[C@@H](N)C(=O)Nc1cc(Cl)ccc1F. The van der Waals surface area contributed by atoms with Gasteiger partial charge in [-0.25, -0.2) is 4.39 Å². The van der Waals surface area contributed by atoms with Gasteiger partial charge in [-0.2, -0.15) is 0 Å². The van der Waals surface area contributed by atoms with Gasteiger partial charge in [-0.05, 0) is 23.6 Å². The Balaban J connectivity index is 2.85. The number of rotatable bonds is 2. The third kappa shape index (κ3) is 3.68. The van der Waals surface area contributed by atoms with Gasteiger partial charge in [-0.1, -0.05) is 32.4 Å². The van der Waals surface area contributed by atoms with Crippen molar-refractivity contribution in [2.45, 2.75) is 26.8 Å². The van der Waals surface area contributed by atoms with Gasteiger partial charge in [0.1, 0.15) is 5.82 Å². The normalized spacial score (nSPS) is 13.3. The summed E-state index contributed by atoms with van der Waals surface area (Å²) in [5.41, 5.74) is 5.42. The van der Waals surface area contributed by atoms with Gasteiger partial charge in [0.2, 0.25) is 5.91 Å². The van der Waals surface area contributed by atoms with Gasteiger partial charge in [-0.15, -0.1) is 0 Å². The molecule has 0 aliphatic carbocycles. The van der Waals surface area contributed by atoms with E-state index >= 15 is 0 Å². The zero-order chi connectivity index (χ0) is 13.2. The van der Waals surface area contributed by atoms with Crippen LogP contribution in [0, 0.1) is 11.2 Å². The van der Waals surface area contributed by atoms with Crippen LogP contribution in [-0.2, 0) is 4.79 Å². The predicted molar refractivity (Wildman–Crippen MR) is 67.5 cm³/mol. The van der Waals surface area contributed by atoms with Gasteiger partial charge in [0.25, 0.3) is 0 Å². The van der Waals surface area contributed by atoms with Gasteiger partial charge in [0.05, 0.1) is 11.7 Å². The summed E-state index contributed by atoms with van der Waals surface area (Å²) in [6.45, 7) is 5.52. The molecule has 0 saturated carbocycles. The molecule has 0 aromatic heterocycles. The second-order valence-electron chi connectivity index (χ2n) is 4.96. The van der Waals surface area contributed by atoms with E-state index in [0.717, 1.165) is 0 Å². The summed E-state index contributed by atoms with van der Waals surface area (Å²) < 4.78 is 13.4. The van der Waals surface area contributed by atoms with E-state index in [4.69, 9.17) is 17.3 Å². The summed E-state index contributed by atoms with van der Waals surface area (Å²) in [6, 6.07) is 3.24. The van der Waals surface area contributed by atoms with Crippen LogP contribution in [0.25, 0.3) is 0 Å². The first-order valence-corrected chi connectivity index (χ1v) is 5.61. The fourth-order valence-corrected chi connectivity index (χ4v) is 1.37. The van der Waals surface area contributed by atoms with Crippen LogP contribution in [-0.4, -0.2) is 11.9 Å². The Morgan fingerprint density at radius 3 is 2.59 bits per heavy atom. The summed E-state index contributed by atoms with van der Waals surface area (Å²) in [4.78, 5) is 11.8. The Morgan fingerprint density at radius 2 is 2.06 bits per heavy atom.